The van der Waals surface area contributed by atoms with Crippen molar-refractivity contribution in [2.45, 2.75) is 10.2 Å². The van der Waals surface area contributed by atoms with E-state index in [0.717, 1.165) is 0 Å². The van der Waals surface area contributed by atoms with Gasteiger partial charge in [0.05, 0.1) is 5.56 Å². The lowest BCUT2D eigenvalue weighted by atomic mass is 10.1. The molecule has 0 amide bonds. The van der Waals surface area contributed by atoms with Gasteiger partial charge in [-0.2, -0.15) is 0 Å². The summed E-state index contributed by atoms with van der Waals surface area (Å²) in [5, 5.41) is 0. The molecule has 6 heteroatoms. The third-order valence-electron chi connectivity index (χ3n) is 1.67. The van der Waals surface area contributed by atoms with Gasteiger partial charge in [-0.05, 0) is 0 Å². The maximum Gasteiger partial charge on any atom is 0.269 e. The maximum atomic E-state index is 12.5. The average Bonchev–Trinajstić information content (AvgIpc) is 2.01. The van der Waals surface area contributed by atoms with Gasteiger partial charge in [-0.15, -0.1) is 0 Å². The quantitative estimate of drug-likeness (QED) is 0.539. The number of hydrogen-bond acceptors (Lipinski definition) is 0. The molecule has 1 aromatic rings. The SMILES string of the molecule is C[n+]1ccc(C(Cl)(Cl)Cl)c(C(F)F)c1. The Balaban J connectivity index is 3.29. The molecule has 14 heavy (non-hydrogen) atoms. The van der Waals surface area contributed by atoms with Crippen LogP contribution >= 0.6 is 34.8 Å². The molecule has 78 valence electrons. The highest BCUT2D eigenvalue weighted by Crippen LogP contribution is 2.41. The van der Waals surface area contributed by atoms with E-state index in [4.69, 9.17) is 34.8 Å². The Morgan fingerprint density at radius 2 is 1.93 bits per heavy atom. The highest BCUT2D eigenvalue weighted by atomic mass is 35.6. The average molecular weight is 262 g/mol. The molecule has 1 heterocycles. The van der Waals surface area contributed by atoms with Crippen LogP contribution in [0.15, 0.2) is 18.5 Å². The van der Waals surface area contributed by atoms with Crippen molar-refractivity contribution in [2.24, 2.45) is 7.05 Å². The van der Waals surface area contributed by atoms with E-state index in [9.17, 15) is 8.78 Å². The minimum absolute atomic E-state index is 0.00981. The molecule has 0 aliphatic heterocycles. The van der Waals surface area contributed by atoms with Crippen molar-refractivity contribution in [2.75, 3.05) is 0 Å². The van der Waals surface area contributed by atoms with E-state index < -0.39 is 10.2 Å². The fraction of sp³-hybridized carbons (Fsp3) is 0.375. The summed E-state index contributed by atoms with van der Waals surface area (Å²) in [5.41, 5.74) is -0.259. The Morgan fingerprint density at radius 1 is 1.36 bits per heavy atom. The summed E-state index contributed by atoms with van der Waals surface area (Å²) < 4.78 is 24.8. The number of hydrogen-bond donors (Lipinski definition) is 0. The van der Waals surface area contributed by atoms with Crippen LogP contribution in [0, 0.1) is 0 Å². The van der Waals surface area contributed by atoms with Crippen molar-refractivity contribution < 1.29 is 13.3 Å². The van der Waals surface area contributed by atoms with Gasteiger partial charge >= 0.3 is 0 Å². The molecule has 1 aromatic heterocycles. The maximum absolute atomic E-state index is 12.5. The van der Waals surface area contributed by atoms with Gasteiger partial charge in [0.1, 0.15) is 7.05 Å². The highest BCUT2D eigenvalue weighted by molar-refractivity contribution is 6.66. The molecule has 0 fully saturated rings. The molecule has 0 saturated carbocycles. The largest absolute Gasteiger partial charge is 0.269 e. The van der Waals surface area contributed by atoms with E-state index in [1.165, 1.54) is 16.8 Å². The molecular weight excluding hydrogens is 254 g/mol. The van der Waals surface area contributed by atoms with Gasteiger partial charge in [-0.1, -0.05) is 34.8 Å². The van der Waals surface area contributed by atoms with Crippen LogP contribution in [0.2, 0.25) is 0 Å². The standard InChI is InChI=1S/C8H7Cl3F2N/c1-14-3-2-6(8(9,10)11)5(4-14)7(12)13/h2-4,7H,1H3/q+1. The third-order valence-corrected chi connectivity index (χ3v) is 2.28. The number of halogens is 5. The Labute approximate surface area is 95.2 Å². The van der Waals surface area contributed by atoms with Crippen LogP contribution in [-0.4, -0.2) is 0 Å². The molecule has 0 atom stereocenters. The lowest BCUT2D eigenvalue weighted by Gasteiger charge is -2.13. The predicted molar refractivity (Wildman–Crippen MR) is 51.8 cm³/mol. The molecule has 0 aliphatic carbocycles. The first kappa shape index (κ1) is 12.0. The van der Waals surface area contributed by atoms with Crippen LogP contribution in [0.25, 0.3) is 0 Å². The highest BCUT2D eigenvalue weighted by Gasteiger charge is 2.31. The van der Waals surface area contributed by atoms with Crippen molar-refractivity contribution >= 4 is 34.8 Å². The number of rotatable bonds is 1. The second-order valence-corrected chi connectivity index (χ2v) is 5.06. The topological polar surface area (TPSA) is 3.88 Å². The van der Waals surface area contributed by atoms with Gasteiger partial charge in [0.25, 0.3) is 6.43 Å². The predicted octanol–water partition coefficient (Wildman–Crippen LogP) is 3.28. The van der Waals surface area contributed by atoms with E-state index in [-0.39, 0.29) is 11.1 Å². The number of pyridine rings is 1. The first-order valence-corrected chi connectivity index (χ1v) is 4.80. The second kappa shape index (κ2) is 4.17. The molecule has 1 nitrogen and oxygen atoms in total. The minimum atomic E-state index is -2.66. The van der Waals surface area contributed by atoms with Gasteiger partial charge in [0, 0.05) is 11.6 Å². The van der Waals surface area contributed by atoms with Crippen molar-refractivity contribution in [1.29, 1.82) is 0 Å². The summed E-state index contributed by atoms with van der Waals surface area (Å²) >= 11 is 16.6. The molecule has 0 N–H and O–H groups in total. The normalized spacial score (nSPS) is 12.2. The van der Waals surface area contributed by atoms with Gasteiger partial charge in [-0.25, -0.2) is 13.3 Å². The Bertz CT molecular complexity index is 336. The van der Waals surface area contributed by atoms with E-state index in [1.54, 1.807) is 13.2 Å². The van der Waals surface area contributed by atoms with Gasteiger partial charge in [0.15, 0.2) is 12.4 Å². The number of alkyl halides is 5. The first-order chi connectivity index (χ1) is 6.32. The van der Waals surface area contributed by atoms with E-state index in [2.05, 4.69) is 0 Å². The fourth-order valence-electron chi connectivity index (χ4n) is 1.05. The van der Waals surface area contributed by atoms with Crippen LogP contribution in [0.1, 0.15) is 17.6 Å². The second-order valence-electron chi connectivity index (χ2n) is 2.78. The van der Waals surface area contributed by atoms with Crippen LogP contribution in [-0.2, 0) is 10.8 Å². The monoisotopic (exact) mass is 260 g/mol. The third kappa shape index (κ3) is 2.69. The van der Waals surface area contributed by atoms with Crippen LogP contribution < -0.4 is 4.57 Å². The van der Waals surface area contributed by atoms with E-state index >= 15 is 0 Å². The Hall–Kier alpha value is -0.120. The molecule has 0 bridgehead atoms. The summed E-state index contributed by atoms with van der Waals surface area (Å²) in [4.78, 5) is 0. The molecule has 1 rings (SSSR count). The van der Waals surface area contributed by atoms with Crippen molar-refractivity contribution in [3.05, 3.63) is 29.6 Å². The minimum Gasteiger partial charge on any atom is -0.207 e. The lowest BCUT2D eigenvalue weighted by molar-refractivity contribution is -0.672. The smallest absolute Gasteiger partial charge is 0.207 e. The molecule has 0 aromatic carbocycles. The lowest BCUT2D eigenvalue weighted by Crippen LogP contribution is -2.29. The van der Waals surface area contributed by atoms with Gasteiger partial charge < -0.3 is 0 Å². The van der Waals surface area contributed by atoms with E-state index in [0.29, 0.717) is 0 Å². The van der Waals surface area contributed by atoms with Crippen molar-refractivity contribution in [3.63, 3.8) is 0 Å². The van der Waals surface area contributed by atoms with Crippen molar-refractivity contribution in [1.82, 2.24) is 0 Å². The summed E-state index contributed by atoms with van der Waals surface area (Å²) in [5.74, 6) is 0. The van der Waals surface area contributed by atoms with Crippen molar-refractivity contribution in [3.8, 4) is 0 Å². The molecular formula is C8H7Cl3F2N+. The number of nitrogens with zero attached hydrogens (tertiary/aromatic N) is 1. The Kier molecular flexibility index (Phi) is 3.56. The zero-order chi connectivity index (χ0) is 10.9. The van der Waals surface area contributed by atoms with Crippen LogP contribution in [0.5, 0.6) is 0 Å². The Morgan fingerprint density at radius 3 is 2.36 bits per heavy atom. The summed E-state index contributed by atoms with van der Waals surface area (Å²) in [6.45, 7) is 0. The summed E-state index contributed by atoms with van der Waals surface area (Å²) in [6, 6.07) is 1.37. The summed E-state index contributed by atoms with van der Waals surface area (Å²) in [7, 11) is 1.62. The van der Waals surface area contributed by atoms with Gasteiger partial charge in [-0.3, -0.25) is 0 Å². The van der Waals surface area contributed by atoms with Gasteiger partial charge in [0.2, 0.25) is 3.79 Å². The zero-order valence-electron chi connectivity index (χ0n) is 7.15. The summed E-state index contributed by atoms with van der Waals surface area (Å²) in [6.07, 6.45) is 0.123. The molecule has 0 radical (unpaired) electrons. The molecule has 0 saturated heterocycles. The number of aryl methyl sites for hydroxylation is 1. The molecule has 0 aliphatic rings. The number of aromatic nitrogens is 1. The first-order valence-electron chi connectivity index (χ1n) is 3.67. The van der Waals surface area contributed by atoms with Crippen LogP contribution in [0.3, 0.4) is 0 Å². The van der Waals surface area contributed by atoms with Crippen LogP contribution in [0.4, 0.5) is 8.78 Å². The molecule has 0 spiro atoms. The van der Waals surface area contributed by atoms with E-state index in [1.807, 2.05) is 0 Å². The zero-order valence-corrected chi connectivity index (χ0v) is 9.41. The molecule has 0 unspecified atom stereocenters. The fourth-order valence-corrected chi connectivity index (χ4v) is 1.57.